The molecule has 0 aliphatic heterocycles. The number of rotatable bonds is 2. The molecule has 0 bridgehead atoms. The first-order valence-corrected chi connectivity index (χ1v) is 6.52. The number of hydrogen-bond donors (Lipinski definition) is 2. The number of anilines is 1. The second-order valence-electron chi connectivity index (χ2n) is 4.42. The fourth-order valence-electron chi connectivity index (χ4n) is 1.82. The molecule has 0 aliphatic rings. The summed E-state index contributed by atoms with van der Waals surface area (Å²) >= 11 is 0. The second-order valence-corrected chi connectivity index (χ2v) is 4.42. The molecule has 4 heteroatoms. The molecule has 0 unspecified atom stereocenters. The molecule has 4 nitrogen and oxygen atoms in total. The van der Waals surface area contributed by atoms with Crippen molar-refractivity contribution in [2.75, 3.05) is 11.9 Å². The smallest absolute Gasteiger partial charge is 0.410 e. The fraction of sp³-hybridized carbons (Fsp3) is 0.118. The number of ether oxygens (including phenoxy) is 1. The summed E-state index contributed by atoms with van der Waals surface area (Å²) in [5.74, 6) is 6.22. The molecule has 2 aromatic carbocycles. The van der Waals surface area contributed by atoms with Crippen LogP contribution in [-0.4, -0.2) is 12.6 Å². The Morgan fingerprint density at radius 2 is 2.00 bits per heavy atom. The van der Waals surface area contributed by atoms with Crippen LogP contribution in [0.4, 0.5) is 10.5 Å². The maximum Gasteiger partial charge on any atom is 0.417 e. The van der Waals surface area contributed by atoms with Crippen molar-refractivity contribution in [3.05, 3.63) is 59.7 Å². The van der Waals surface area contributed by atoms with E-state index in [9.17, 15) is 4.79 Å². The van der Waals surface area contributed by atoms with Gasteiger partial charge in [0.05, 0.1) is 6.54 Å². The van der Waals surface area contributed by atoms with E-state index in [4.69, 9.17) is 10.5 Å². The maximum absolute atomic E-state index is 11.8. The van der Waals surface area contributed by atoms with Crippen LogP contribution in [0.15, 0.2) is 48.5 Å². The van der Waals surface area contributed by atoms with Gasteiger partial charge in [-0.05, 0) is 42.8 Å². The number of carbonyl (C=O) groups excluding carboxylic acids is 1. The van der Waals surface area contributed by atoms with Crippen molar-refractivity contribution in [3.63, 3.8) is 0 Å². The van der Waals surface area contributed by atoms with E-state index >= 15 is 0 Å². The van der Waals surface area contributed by atoms with Crippen molar-refractivity contribution in [3.8, 4) is 17.6 Å². The number of hydrogen-bond acceptors (Lipinski definition) is 3. The summed E-state index contributed by atoms with van der Waals surface area (Å²) in [5.41, 5.74) is 7.79. The van der Waals surface area contributed by atoms with Crippen molar-refractivity contribution in [1.29, 1.82) is 0 Å². The van der Waals surface area contributed by atoms with Crippen LogP contribution in [0.25, 0.3) is 0 Å². The van der Waals surface area contributed by atoms with Gasteiger partial charge in [-0.1, -0.05) is 30.0 Å². The average Bonchev–Trinajstić information content (AvgIpc) is 2.45. The quantitative estimate of drug-likeness (QED) is 0.831. The lowest BCUT2D eigenvalue weighted by Gasteiger charge is -2.08. The topological polar surface area (TPSA) is 64.3 Å². The van der Waals surface area contributed by atoms with Crippen LogP contribution in [0.3, 0.4) is 0 Å². The van der Waals surface area contributed by atoms with Crippen LogP contribution in [0.2, 0.25) is 0 Å². The SMILES string of the molecule is Cc1cc(C#CCN)cc(NC(=O)Oc2ccccc2)c1. The summed E-state index contributed by atoms with van der Waals surface area (Å²) in [7, 11) is 0. The van der Waals surface area contributed by atoms with Gasteiger partial charge in [0.1, 0.15) is 5.75 Å². The number of aryl methyl sites for hydroxylation is 1. The first-order valence-electron chi connectivity index (χ1n) is 6.52. The van der Waals surface area contributed by atoms with Crippen molar-refractivity contribution < 1.29 is 9.53 Å². The van der Waals surface area contributed by atoms with Crippen LogP contribution in [0.1, 0.15) is 11.1 Å². The summed E-state index contributed by atoms with van der Waals surface area (Å²) in [6, 6.07) is 14.4. The third kappa shape index (κ3) is 4.68. The molecule has 0 fully saturated rings. The summed E-state index contributed by atoms with van der Waals surface area (Å²) < 4.78 is 5.17. The summed E-state index contributed by atoms with van der Waals surface area (Å²) in [6.45, 7) is 2.23. The number of carbonyl (C=O) groups is 1. The highest BCUT2D eigenvalue weighted by Gasteiger charge is 2.05. The molecule has 3 N–H and O–H groups in total. The minimum atomic E-state index is -0.537. The number of para-hydroxylation sites is 1. The molecule has 1 amide bonds. The van der Waals surface area contributed by atoms with Gasteiger partial charge < -0.3 is 10.5 Å². The van der Waals surface area contributed by atoms with Crippen molar-refractivity contribution >= 4 is 11.8 Å². The zero-order chi connectivity index (χ0) is 15.1. The Balaban J connectivity index is 2.08. The van der Waals surface area contributed by atoms with Gasteiger partial charge in [-0.15, -0.1) is 0 Å². The average molecular weight is 280 g/mol. The fourth-order valence-corrected chi connectivity index (χ4v) is 1.82. The van der Waals surface area contributed by atoms with Crippen molar-refractivity contribution in [1.82, 2.24) is 0 Å². The second kappa shape index (κ2) is 7.13. The molecule has 0 saturated heterocycles. The van der Waals surface area contributed by atoms with Crippen LogP contribution in [-0.2, 0) is 0 Å². The Kier molecular flexibility index (Phi) is 4.97. The van der Waals surface area contributed by atoms with E-state index in [2.05, 4.69) is 17.2 Å². The molecule has 0 atom stereocenters. The highest BCUT2D eigenvalue weighted by molar-refractivity contribution is 5.86. The minimum absolute atomic E-state index is 0.298. The van der Waals surface area contributed by atoms with Gasteiger partial charge in [-0.3, -0.25) is 5.32 Å². The van der Waals surface area contributed by atoms with E-state index < -0.39 is 6.09 Å². The zero-order valence-corrected chi connectivity index (χ0v) is 11.7. The third-order valence-corrected chi connectivity index (χ3v) is 2.61. The number of amides is 1. The molecule has 2 aromatic rings. The normalized spacial score (nSPS) is 9.43. The largest absolute Gasteiger partial charge is 0.417 e. The van der Waals surface area contributed by atoms with Gasteiger partial charge >= 0.3 is 6.09 Å². The number of nitrogens with two attached hydrogens (primary N) is 1. The minimum Gasteiger partial charge on any atom is -0.410 e. The van der Waals surface area contributed by atoms with E-state index in [0.29, 0.717) is 18.0 Å². The van der Waals surface area contributed by atoms with Crippen LogP contribution in [0.5, 0.6) is 5.75 Å². The van der Waals surface area contributed by atoms with E-state index in [1.807, 2.05) is 25.1 Å². The lowest BCUT2D eigenvalue weighted by Crippen LogP contribution is -2.16. The number of benzene rings is 2. The molecule has 0 saturated carbocycles. The molecule has 0 aromatic heterocycles. The zero-order valence-electron chi connectivity index (χ0n) is 11.7. The first-order chi connectivity index (χ1) is 10.2. The van der Waals surface area contributed by atoms with E-state index in [1.165, 1.54) is 0 Å². The molecule has 2 rings (SSSR count). The highest BCUT2D eigenvalue weighted by atomic mass is 16.6. The molecule has 0 spiro atoms. The monoisotopic (exact) mass is 280 g/mol. The highest BCUT2D eigenvalue weighted by Crippen LogP contribution is 2.15. The maximum atomic E-state index is 11.8. The van der Waals surface area contributed by atoms with Gasteiger partial charge in [-0.2, -0.15) is 0 Å². The van der Waals surface area contributed by atoms with Crippen LogP contribution >= 0.6 is 0 Å². The Labute approximate surface area is 123 Å². The van der Waals surface area contributed by atoms with Crippen molar-refractivity contribution in [2.24, 2.45) is 5.73 Å². The molecular formula is C17H16N2O2. The Morgan fingerprint density at radius 1 is 1.24 bits per heavy atom. The summed E-state index contributed by atoms with van der Waals surface area (Å²) in [5, 5.41) is 2.69. The molecule has 106 valence electrons. The van der Waals surface area contributed by atoms with E-state index in [-0.39, 0.29) is 0 Å². The Bertz CT molecular complexity index is 685. The summed E-state index contributed by atoms with van der Waals surface area (Å²) in [6.07, 6.45) is -0.537. The van der Waals surface area contributed by atoms with E-state index in [1.54, 1.807) is 30.3 Å². The van der Waals surface area contributed by atoms with E-state index in [0.717, 1.165) is 11.1 Å². The van der Waals surface area contributed by atoms with Gasteiger partial charge in [-0.25, -0.2) is 4.79 Å². The lowest BCUT2D eigenvalue weighted by molar-refractivity contribution is 0.215. The van der Waals surface area contributed by atoms with Gasteiger partial charge in [0.25, 0.3) is 0 Å². The van der Waals surface area contributed by atoms with Gasteiger partial charge in [0.2, 0.25) is 0 Å². The lowest BCUT2D eigenvalue weighted by atomic mass is 10.1. The molecule has 0 heterocycles. The third-order valence-electron chi connectivity index (χ3n) is 2.61. The summed E-state index contributed by atoms with van der Waals surface area (Å²) in [4.78, 5) is 11.8. The van der Waals surface area contributed by atoms with Gasteiger partial charge in [0.15, 0.2) is 0 Å². The predicted octanol–water partition coefficient (Wildman–Crippen LogP) is 2.92. The predicted molar refractivity (Wildman–Crippen MR) is 83.2 cm³/mol. The van der Waals surface area contributed by atoms with Crippen LogP contribution in [0, 0.1) is 18.8 Å². The molecule has 21 heavy (non-hydrogen) atoms. The van der Waals surface area contributed by atoms with Crippen molar-refractivity contribution in [2.45, 2.75) is 6.92 Å². The Morgan fingerprint density at radius 3 is 2.71 bits per heavy atom. The van der Waals surface area contributed by atoms with Crippen LogP contribution < -0.4 is 15.8 Å². The molecule has 0 aliphatic carbocycles. The Hall–Kier alpha value is -2.77. The standard InChI is InChI=1S/C17H16N2O2/c1-13-10-14(6-5-9-18)12-15(11-13)19-17(20)21-16-7-3-2-4-8-16/h2-4,7-8,10-12H,9,18H2,1H3,(H,19,20). The van der Waals surface area contributed by atoms with Gasteiger partial charge in [0, 0.05) is 11.3 Å². The molecule has 0 radical (unpaired) electrons. The number of nitrogens with one attached hydrogen (secondary N) is 1. The first kappa shape index (κ1) is 14.6. The molecular weight excluding hydrogens is 264 g/mol.